The first-order valence-electron chi connectivity index (χ1n) is 7.71. The average Bonchev–Trinajstić information content (AvgIpc) is 2.82. The molecule has 0 aliphatic carbocycles. The third-order valence-corrected chi connectivity index (χ3v) is 4.68. The summed E-state index contributed by atoms with van der Waals surface area (Å²) in [7, 11) is 2.12. The predicted molar refractivity (Wildman–Crippen MR) is 81.8 cm³/mol. The molecule has 4 rings (SSSR count). The van der Waals surface area contributed by atoms with Crippen LogP contribution >= 0.6 is 0 Å². The van der Waals surface area contributed by atoms with Crippen molar-refractivity contribution in [1.29, 1.82) is 0 Å². The van der Waals surface area contributed by atoms with Crippen LogP contribution in [0.1, 0.15) is 10.4 Å². The monoisotopic (exact) mass is 300 g/mol. The fraction of sp³-hybridized carbons (Fsp3) is 0.500. The van der Waals surface area contributed by atoms with Crippen LogP contribution in [0.2, 0.25) is 0 Å². The molecule has 0 spiro atoms. The zero-order chi connectivity index (χ0) is 15.1. The van der Waals surface area contributed by atoms with Gasteiger partial charge in [-0.2, -0.15) is 5.10 Å². The fourth-order valence-electron chi connectivity index (χ4n) is 3.45. The molecule has 4 heterocycles. The standard InChI is InChI=1S/C16H20N4O2/c1-18-7-12-8-19(9-15(18)11-22-10-12)16(21)13-3-5-20-14(6-13)2-4-17-20/h2-6,12,15H,7-11H2,1H3/t12-,15+/m1/s1. The van der Waals surface area contributed by atoms with Crippen molar-refractivity contribution in [3.8, 4) is 0 Å². The first kappa shape index (κ1) is 13.7. The number of amides is 1. The van der Waals surface area contributed by atoms with E-state index in [0.717, 1.165) is 37.3 Å². The van der Waals surface area contributed by atoms with Crippen LogP contribution in [0.25, 0.3) is 5.52 Å². The number of carbonyl (C=O) groups excluding carboxylic acids is 1. The first-order chi connectivity index (χ1) is 10.7. The zero-order valence-electron chi connectivity index (χ0n) is 12.7. The van der Waals surface area contributed by atoms with E-state index in [0.29, 0.717) is 12.5 Å². The van der Waals surface area contributed by atoms with Crippen molar-refractivity contribution in [2.75, 3.05) is 39.9 Å². The Kier molecular flexibility index (Phi) is 3.35. The van der Waals surface area contributed by atoms with E-state index in [1.54, 1.807) is 10.7 Å². The largest absolute Gasteiger partial charge is 0.379 e. The summed E-state index contributed by atoms with van der Waals surface area (Å²) in [6, 6.07) is 5.96. The number of carbonyl (C=O) groups is 1. The van der Waals surface area contributed by atoms with Crippen molar-refractivity contribution in [2.24, 2.45) is 5.92 Å². The van der Waals surface area contributed by atoms with Gasteiger partial charge in [-0.1, -0.05) is 0 Å². The second-order valence-corrected chi connectivity index (χ2v) is 6.32. The molecule has 0 unspecified atom stereocenters. The Labute approximate surface area is 129 Å². The van der Waals surface area contributed by atoms with E-state index in [-0.39, 0.29) is 11.9 Å². The molecule has 6 nitrogen and oxygen atoms in total. The van der Waals surface area contributed by atoms with Crippen LogP contribution < -0.4 is 0 Å². The summed E-state index contributed by atoms with van der Waals surface area (Å²) in [6.45, 7) is 3.95. The number of nitrogens with zero attached hydrogens (tertiary/aromatic N) is 4. The Morgan fingerprint density at radius 2 is 2.18 bits per heavy atom. The van der Waals surface area contributed by atoms with Crippen LogP contribution in [-0.4, -0.2) is 71.3 Å². The lowest BCUT2D eigenvalue weighted by Crippen LogP contribution is -2.44. The molecule has 0 radical (unpaired) electrons. The molecule has 2 aromatic heterocycles. The Morgan fingerprint density at radius 3 is 3.09 bits per heavy atom. The molecule has 116 valence electrons. The summed E-state index contributed by atoms with van der Waals surface area (Å²) in [4.78, 5) is 17.2. The normalized spacial score (nSPS) is 26.1. The number of likely N-dealkylation sites (N-methyl/N-ethyl adjacent to an activating group) is 1. The molecular weight excluding hydrogens is 280 g/mol. The molecule has 2 saturated heterocycles. The van der Waals surface area contributed by atoms with Gasteiger partial charge in [0.05, 0.1) is 24.8 Å². The Morgan fingerprint density at radius 1 is 1.27 bits per heavy atom. The molecule has 0 aromatic carbocycles. The molecule has 2 fully saturated rings. The number of hydrogen-bond donors (Lipinski definition) is 0. The summed E-state index contributed by atoms with van der Waals surface area (Å²) in [5, 5.41) is 4.17. The molecule has 0 saturated carbocycles. The van der Waals surface area contributed by atoms with Gasteiger partial charge in [-0.25, -0.2) is 4.52 Å². The third kappa shape index (κ3) is 2.38. The number of ether oxygens (including phenoxy) is 1. The topological polar surface area (TPSA) is 50.1 Å². The van der Waals surface area contributed by atoms with Crippen LogP contribution in [0.4, 0.5) is 0 Å². The lowest BCUT2D eigenvalue weighted by atomic mass is 10.1. The Hall–Kier alpha value is -1.92. The molecule has 22 heavy (non-hydrogen) atoms. The van der Waals surface area contributed by atoms with Crippen LogP contribution in [-0.2, 0) is 4.74 Å². The van der Waals surface area contributed by atoms with Crippen LogP contribution in [0.3, 0.4) is 0 Å². The van der Waals surface area contributed by atoms with Gasteiger partial charge in [0, 0.05) is 43.5 Å². The minimum atomic E-state index is 0.107. The summed E-state index contributed by atoms with van der Waals surface area (Å²) >= 11 is 0. The summed E-state index contributed by atoms with van der Waals surface area (Å²) in [5.41, 5.74) is 1.68. The van der Waals surface area contributed by atoms with Gasteiger partial charge < -0.3 is 9.64 Å². The van der Waals surface area contributed by atoms with Gasteiger partial charge in [-0.3, -0.25) is 9.69 Å². The molecule has 2 atom stereocenters. The van der Waals surface area contributed by atoms with Crippen molar-refractivity contribution in [3.63, 3.8) is 0 Å². The maximum absolute atomic E-state index is 12.9. The highest BCUT2D eigenvalue weighted by Crippen LogP contribution is 2.20. The zero-order valence-corrected chi connectivity index (χ0v) is 12.7. The van der Waals surface area contributed by atoms with Gasteiger partial charge in [0.1, 0.15) is 0 Å². The second kappa shape index (κ2) is 5.37. The highest BCUT2D eigenvalue weighted by molar-refractivity contribution is 5.95. The summed E-state index contributed by atoms with van der Waals surface area (Å²) in [6.07, 6.45) is 3.59. The van der Waals surface area contributed by atoms with Crippen molar-refractivity contribution < 1.29 is 9.53 Å². The molecular formula is C16H20N4O2. The molecule has 2 aromatic rings. The van der Waals surface area contributed by atoms with E-state index in [9.17, 15) is 4.79 Å². The molecule has 2 bridgehead atoms. The number of aromatic nitrogens is 2. The van der Waals surface area contributed by atoms with Crippen molar-refractivity contribution in [2.45, 2.75) is 6.04 Å². The van der Waals surface area contributed by atoms with Crippen LogP contribution in [0.15, 0.2) is 30.6 Å². The molecule has 6 heteroatoms. The Bertz CT molecular complexity index is 698. The first-order valence-corrected chi connectivity index (χ1v) is 7.71. The van der Waals surface area contributed by atoms with Gasteiger partial charge in [0.15, 0.2) is 0 Å². The average molecular weight is 300 g/mol. The van der Waals surface area contributed by atoms with E-state index < -0.39 is 0 Å². The number of fused-ring (bicyclic) bond motifs is 4. The molecule has 1 amide bonds. The molecule has 0 N–H and O–H groups in total. The van der Waals surface area contributed by atoms with Crippen molar-refractivity contribution in [3.05, 3.63) is 36.2 Å². The Balaban J connectivity index is 1.61. The summed E-state index contributed by atoms with van der Waals surface area (Å²) in [5.74, 6) is 0.496. The minimum absolute atomic E-state index is 0.107. The highest BCUT2D eigenvalue weighted by Gasteiger charge is 2.33. The highest BCUT2D eigenvalue weighted by atomic mass is 16.5. The van der Waals surface area contributed by atoms with Gasteiger partial charge in [-0.15, -0.1) is 0 Å². The van der Waals surface area contributed by atoms with E-state index in [1.165, 1.54) is 0 Å². The van der Waals surface area contributed by atoms with Crippen LogP contribution in [0.5, 0.6) is 0 Å². The van der Waals surface area contributed by atoms with Gasteiger partial charge in [0.25, 0.3) is 5.91 Å². The number of hydrogen-bond acceptors (Lipinski definition) is 4. The lowest BCUT2D eigenvalue weighted by molar-refractivity contribution is 0.0434. The minimum Gasteiger partial charge on any atom is -0.379 e. The maximum Gasteiger partial charge on any atom is 0.254 e. The molecule has 2 aliphatic rings. The predicted octanol–water partition coefficient (Wildman–Crippen LogP) is 0.737. The fourth-order valence-corrected chi connectivity index (χ4v) is 3.45. The van der Waals surface area contributed by atoms with Crippen molar-refractivity contribution in [1.82, 2.24) is 19.4 Å². The van der Waals surface area contributed by atoms with Crippen molar-refractivity contribution >= 4 is 11.4 Å². The van der Waals surface area contributed by atoms with E-state index >= 15 is 0 Å². The van der Waals surface area contributed by atoms with E-state index in [1.807, 2.05) is 29.3 Å². The van der Waals surface area contributed by atoms with Crippen LogP contribution in [0, 0.1) is 5.92 Å². The number of pyridine rings is 1. The lowest BCUT2D eigenvalue weighted by Gasteiger charge is -2.29. The summed E-state index contributed by atoms with van der Waals surface area (Å²) < 4.78 is 7.50. The second-order valence-electron chi connectivity index (χ2n) is 6.32. The van der Waals surface area contributed by atoms with E-state index in [4.69, 9.17) is 4.74 Å². The van der Waals surface area contributed by atoms with E-state index in [2.05, 4.69) is 17.0 Å². The van der Waals surface area contributed by atoms with Gasteiger partial charge >= 0.3 is 0 Å². The van der Waals surface area contributed by atoms with Gasteiger partial charge in [0.2, 0.25) is 0 Å². The smallest absolute Gasteiger partial charge is 0.254 e. The van der Waals surface area contributed by atoms with Gasteiger partial charge in [-0.05, 0) is 25.2 Å². The quantitative estimate of drug-likeness (QED) is 0.779. The maximum atomic E-state index is 12.9. The molecule has 2 aliphatic heterocycles. The SMILES string of the molecule is CN1C[C@H]2COC[C@@H]1CN(C(=O)c1ccn3nccc3c1)C2. The third-order valence-electron chi connectivity index (χ3n) is 4.68. The number of rotatable bonds is 1.